The van der Waals surface area contributed by atoms with E-state index in [4.69, 9.17) is 5.26 Å². The third kappa shape index (κ3) is 8.97. The Hall–Kier alpha value is -1.61. The van der Waals surface area contributed by atoms with E-state index in [2.05, 4.69) is 16.0 Å². The van der Waals surface area contributed by atoms with E-state index in [9.17, 15) is 9.59 Å². The van der Waals surface area contributed by atoms with Crippen LogP contribution in [0.2, 0.25) is 0 Å². The molecule has 0 aliphatic rings. The molecule has 0 aliphatic heterocycles. The van der Waals surface area contributed by atoms with Crippen molar-refractivity contribution in [2.75, 3.05) is 26.2 Å². The zero-order valence-electron chi connectivity index (χ0n) is 9.51. The van der Waals surface area contributed by atoms with Gasteiger partial charge in [-0.3, -0.25) is 14.9 Å². The van der Waals surface area contributed by atoms with Crippen LogP contribution in [0.1, 0.15) is 19.8 Å². The highest BCUT2D eigenvalue weighted by molar-refractivity contribution is 5.81. The monoisotopic (exact) mass is 226 g/mol. The topological polar surface area (TPSA) is 94.0 Å². The number of nitriles is 1. The van der Waals surface area contributed by atoms with Gasteiger partial charge in [-0.05, 0) is 6.42 Å². The first kappa shape index (κ1) is 14.4. The number of carbonyl (C=O) groups is 2. The predicted octanol–water partition coefficient (Wildman–Crippen LogP) is -0.868. The molecule has 0 unspecified atom stereocenters. The highest BCUT2D eigenvalue weighted by Gasteiger charge is 2.02. The Labute approximate surface area is 95.4 Å². The third-order valence-corrected chi connectivity index (χ3v) is 1.70. The number of rotatable bonds is 8. The van der Waals surface area contributed by atoms with Crippen LogP contribution < -0.4 is 16.0 Å². The molecule has 3 N–H and O–H groups in total. The number of carbonyl (C=O) groups excluding carboxylic acids is 2. The third-order valence-electron chi connectivity index (χ3n) is 1.70. The second-order valence-corrected chi connectivity index (χ2v) is 3.21. The van der Waals surface area contributed by atoms with Crippen LogP contribution in [0.25, 0.3) is 0 Å². The molecule has 0 saturated carbocycles. The minimum absolute atomic E-state index is 0.0883. The molecule has 0 rings (SSSR count). The van der Waals surface area contributed by atoms with Crippen molar-refractivity contribution in [2.24, 2.45) is 0 Å². The lowest BCUT2D eigenvalue weighted by atomic mass is 10.4. The molecule has 16 heavy (non-hydrogen) atoms. The SMILES string of the molecule is CCCNC(=O)CNCC(=O)NCCC#N. The number of amides is 2. The molecular formula is C10H18N4O2. The number of hydrogen-bond acceptors (Lipinski definition) is 4. The minimum atomic E-state index is -0.210. The Morgan fingerprint density at radius 3 is 2.19 bits per heavy atom. The van der Waals surface area contributed by atoms with E-state index < -0.39 is 0 Å². The molecular weight excluding hydrogens is 208 g/mol. The molecule has 0 atom stereocenters. The van der Waals surface area contributed by atoms with Crippen LogP contribution in [-0.4, -0.2) is 38.0 Å². The van der Waals surface area contributed by atoms with Gasteiger partial charge >= 0.3 is 0 Å². The Bertz CT molecular complexity index is 260. The lowest BCUT2D eigenvalue weighted by molar-refractivity contribution is -0.121. The normalized spacial score (nSPS) is 9.25. The summed E-state index contributed by atoms with van der Waals surface area (Å²) in [6, 6.07) is 1.92. The average molecular weight is 226 g/mol. The first-order chi connectivity index (χ1) is 7.70. The highest BCUT2D eigenvalue weighted by Crippen LogP contribution is 1.73. The summed E-state index contributed by atoms with van der Waals surface area (Å²) in [7, 11) is 0. The molecule has 0 fully saturated rings. The number of hydrogen-bond donors (Lipinski definition) is 3. The van der Waals surface area contributed by atoms with Crippen LogP contribution >= 0.6 is 0 Å². The van der Waals surface area contributed by atoms with Gasteiger partial charge in [0.05, 0.1) is 25.6 Å². The summed E-state index contributed by atoms with van der Waals surface area (Å²) >= 11 is 0. The van der Waals surface area contributed by atoms with Crippen molar-refractivity contribution in [2.45, 2.75) is 19.8 Å². The molecule has 90 valence electrons. The van der Waals surface area contributed by atoms with Gasteiger partial charge in [0.25, 0.3) is 0 Å². The van der Waals surface area contributed by atoms with E-state index in [0.717, 1.165) is 6.42 Å². The van der Waals surface area contributed by atoms with Crippen LogP contribution in [0, 0.1) is 11.3 Å². The minimum Gasteiger partial charge on any atom is -0.355 e. The molecule has 6 heteroatoms. The van der Waals surface area contributed by atoms with Crippen molar-refractivity contribution in [3.63, 3.8) is 0 Å². The van der Waals surface area contributed by atoms with Crippen LogP contribution in [0.5, 0.6) is 0 Å². The Morgan fingerprint density at radius 1 is 1.12 bits per heavy atom. The van der Waals surface area contributed by atoms with Gasteiger partial charge < -0.3 is 10.6 Å². The van der Waals surface area contributed by atoms with Gasteiger partial charge in [-0.25, -0.2) is 0 Å². The first-order valence-corrected chi connectivity index (χ1v) is 5.31. The Balaban J connectivity index is 3.40. The van der Waals surface area contributed by atoms with Crippen molar-refractivity contribution in [1.29, 1.82) is 5.26 Å². The zero-order valence-corrected chi connectivity index (χ0v) is 9.51. The van der Waals surface area contributed by atoms with E-state index in [1.807, 2.05) is 13.0 Å². The van der Waals surface area contributed by atoms with E-state index in [0.29, 0.717) is 19.5 Å². The summed E-state index contributed by atoms with van der Waals surface area (Å²) < 4.78 is 0. The van der Waals surface area contributed by atoms with Gasteiger partial charge in [0.15, 0.2) is 0 Å². The second-order valence-electron chi connectivity index (χ2n) is 3.21. The van der Waals surface area contributed by atoms with Crippen molar-refractivity contribution >= 4 is 11.8 Å². The summed E-state index contributed by atoms with van der Waals surface area (Å²) in [4.78, 5) is 22.2. The van der Waals surface area contributed by atoms with E-state index in [1.165, 1.54) is 0 Å². The smallest absolute Gasteiger partial charge is 0.234 e. The van der Waals surface area contributed by atoms with Gasteiger partial charge in [-0.15, -0.1) is 0 Å². The number of nitrogens with zero attached hydrogens (tertiary/aromatic N) is 1. The standard InChI is InChI=1S/C10H18N4O2/c1-2-5-13-9(15)7-12-8-10(16)14-6-3-4-11/h12H,2-3,5-8H2,1H3,(H,13,15)(H,14,16). The van der Waals surface area contributed by atoms with Crippen LogP contribution in [-0.2, 0) is 9.59 Å². The highest BCUT2D eigenvalue weighted by atomic mass is 16.2. The Kier molecular flexibility index (Phi) is 8.93. The molecule has 0 radical (unpaired) electrons. The fourth-order valence-corrected chi connectivity index (χ4v) is 0.937. The molecule has 0 aromatic rings. The van der Waals surface area contributed by atoms with Crippen molar-refractivity contribution in [3.8, 4) is 6.07 Å². The molecule has 0 aromatic heterocycles. The molecule has 0 heterocycles. The summed E-state index contributed by atoms with van der Waals surface area (Å²) in [6.45, 7) is 3.18. The van der Waals surface area contributed by atoms with Gasteiger partial charge in [-0.2, -0.15) is 5.26 Å². The zero-order chi connectivity index (χ0) is 12.2. The average Bonchev–Trinajstić information content (AvgIpc) is 2.26. The largest absolute Gasteiger partial charge is 0.355 e. The van der Waals surface area contributed by atoms with Crippen LogP contribution in [0.3, 0.4) is 0 Å². The van der Waals surface area contributed by atoms with Crippen molar-refractivity contribution in [1.82, 2.24) is 16.0 Å². The molecule has 0 aromatic carbocycles. The molecule has 2 amide bonds. The maximum atomic E-state index is 11.1. The van der Waals surface area contributed by atoms with E-state index >= 15 is 0 Å². The van der Waals surface area contributed by atoms with Gasteiger partial charge in [0.2, 0.25) is 11.8 Å². The first-order valence-electron chi connectivity index (χ1n) is 5.31. The summed E-state index contributed by atoms with van der Waals surface area (Å²) in [5.74, 6) is -0.329. The number of nitrogens with one attached hydrogen (secondary N) is 3. The lowest BCUT2D eigenvalue weighted by Crippen LogP contribution is -2.40. The van der Waals surface area contributed by atoms with Crippen LogP contribution in [0.4, 0.5) is 0 Å². The quantitative estimate of drug-likeness (QED) is 0.469. The molecule has 0 spiro atoms. The van der Waals surface area contributed by atoms with Gasteiger partial charge in [-0.1, -0.05) is 6.92 Å². The van der Waals surface area contributed by atoms with Crippen LogP contribution in [0.15, 0.2) is 0 Å². The van der Waals surface area contributed by atoms with E-state index in [-0.39, 0.29) is 24.9 Å². The molecule has 0 saturated heterocycles. The molecule has 6 nitrogen and oxygen atoms in total. The van der Waals surface area contributed by atoms with Crippen molar-refractivity contribution < 1.29 is 9.59 Å². The molecule has 0 bridgehead atoms. The van der Waals surface area contributed by atoms with Gasteiger partial charge in [0.1, 0.15) is 0 Å². The fourth-order valence-electron chi connectivity index (χ4n) is 0.937. The second kappa shape index (κ2) is 9.93. The summed E-state index contributed by atoms with van der Waals surface area (Å²) in [5, 5.41) is 16.2. The summed E-state index contributed by atoms with van der Waals surface area (Å²) in [5.41, 5.74) is 0. The lowest BCUT2D eigenvalue weighted by Gasteiger charge is -2.05. The predicted molar refractivity (Wildman–Crippen MR) is 59.4 cm³/mol. The van der Waals surface area contributed by atoms with E-state index in [1.54, 1.807) is 0 Å². The van der Waals surface area contributed by atoms with Gasteiger partial charge in [0, 0.05) is 13.1 Å². The summed E-state index contributed by atoms with van der Waals surface area (Å²) in [6.07, 6.45) is 1.18. The maximum Gasteiger partial charge on any atom is 0.234 e. The fraction of sp³-hybridized carbons (Fsp3) is 0.700. The molecule has 0 aliphatic carbocycles. The maximum absolute atomic E-state index is 11.1. The Morgan fingerprint density at radius 2 is 1.69 bits per heavy atom. The van der Waals surface area contributed by atoms with Crippen molar-refractivity contribution in [3.05, 3.63) is 0 Å².